The van der Waals surface area contributed by atoms with E-state index in [9.17, 15) is 0 Å². The van der Waals surface area contributed by atoms with Crippen molar-refractivity contribution >= 4 is 41.9 Å². The summed E-state index contributed by atoms with van der Waals surface area (Å²) in [5, 5.41) is 0.648. The molecule has 0 amide bonds. The van der Waals surface area contributed by atoms with Crippen molar-refractivity contribution in [3.63, 3.8) is 0 Å². The number of rotatable bonds is 1. The molecule has 15 heavy (non-hydrogen) atoms. The second kappa shape index (κ2) is 4.52. The Balaban J connectivity index is 2.68. The summed E-state index contributed by atoms with van der Waals surface area (Å²) in [6, 6.07) is 9.59. The van der Waals surface area contributed by atoms with E-state index in [1.165, 1.54) is 7.05 Å². The van der Waals surface area contributed by atoms with Crippen molar-refractivity contribution in [2.45, 2.75) is 0 Å². The molecule has 2 aromatic rings. The summed E-state index contributed by atoms with van der Waals surface area (Å²) in [5.74, 6) is 0. The summed E-state index contributed by atoms with van der Waals surface area (Å²) in [6.07, 6.45) is 0. The van der Waals surface area contributed by atoms with Gasteiger partial charge in [0.05, 0.1) is 0 Å². The minimum absolute atomic E-state index is 0.264. The van der Waals surface area contributed by atoms with E-state index in [1.54, 1.807) is 0 Å². The van der Waals surface area contributed by atoms with Crippen LogP contribution < -0.4 is 0 Å². The van der Waals surface area contributed by atoms with Crippen LogP contribution in [0.25, 0.3) is 11.1 Å². The molecule has 1 heterocycles. The molecule has 0 aliphatic rings. The Hall–Kier alpha value is -0.565. The van der Waals surface area contributed by atoms with Gasteiger partial charge in [0.25, 0.3) is 0 Å². The molecule has 0 spiro atoms. The summed E-state index contributed by atoms with van der Waals surface area (Å²) >= 11 is 17.9. The van der Waals surface area contributed by atoms with Crippen LogP contribution in [-0.4, -0.2) is 11.9 Å². The molecule has 5 heteroatoms. The van der Waals surface area contributed by atoms with E-state index in [-0.39, 0.29) is 5.15 Å². The third-order valence-electron chi connectivity index (χ3n) is 1.99. The molecule has 1 aromatic carbocycles. The predicted octanol–water partition coefficient (Wildman–Crippen LogP) is 4.05. The molecule has 2 rings (SSSR count). The van der Waals surface area contributed by atoms with Crippen molar-refractivity contribution in [2.24, 2.45) is 0 Å². The third-order valence-corrected chi connectivity index (χ3v) is 3.03. The Morgan fingerprint density at radius 1 is 1.00 bits per heavy atom. The minimum atomic E-state index is 0.264. The fourth-order valence-corrected chi connectivity index (χ4v) is 2.02. The van der Waals surface area contributed by atoms with E-state index in [0.717, 1.165) is 11.1 Å². The Kier molecular flexibility index (Phi) is 3.30. The van der Waals surface area contributed by atoms with Crippen molar-refractivity contribution in [2.75, 3.05) is 0 Å². The topological polar surface area (TPSA) is 12.9 Å². The van der Waals surface area contributed by atoms with E-state index in [2.05, 4.69) is 4.89 Å². The summed E-state index contributed by atoms with van der Waals surface area (Å²) in [6.45, 7) is 0. The van der Waals surface area contributed by atoms with Crippen LogP contribution in [0.3, 0.4) is 0 Å². The molecular weight excluding hydrogens is 251 g/mol. The van der Waals surface area contributed by atoms with Crippen molar-refractivity contribution in [1.29, 1.82) is 0 Å². The first-order valence-corrected chi connectivity index (χ1v) is 5.38. The SMILES string of the molecule is Clc1bnc(Cl)c(Cl)c1-c1ccccc1. The molecule has 0 fully saturated rings. The molecule has 74 valence electrons. The molecule has 0 radical (unpaired) electrons. The quantitative estimate of drug-likeness (QED) is 0.750. The van der Waals surface area contributed by atoms with Crippen LogP contribution in [0.1, 0.15) is 0 Å². The van der Waals surface area contributed by atoms with Crippen LogP contribution in [0, 0.1) is 0 Å². The summed E-state index contributed by atoms with van der Waals surface area (Å²) in [4.78, 5) is 4.36. The van der Waals surface area contributed by atoms with Crippen LogP contribution in [0.4, 0.5) is 0 Å². The molecule has 1 aromatic heterocycles. The predicted molar refractivity (Wildman–Crippen MR) is 66.1 cm³/mol. The van der Waals surface area contributed by atoms with E-state index in [4.69, 9.17) is 34.8 Å². The number of halogens is 3. The number of hydrogen-bond acceptors (Lipinski definition) is 1. The van der Waals surface area contributed by atoms with E-state index < -0.39 is 0 Å². The molecule has 0 saturated carbocycles. The second-order valence-electron chi connectivity index (χ2n) is 2.95. The normalized spacial score (nSPS) is 10.1. The van der Waals surface area contributed by atoms with Crippen molar-refractivity contribution < 1.29 is 0 Å². The van der Waals surface area contributed by atoms with Crippen LogP contribution >= 0.6 is 34.8 Å². The van der Waals surface area contributed by atoms with Gasteiger partial charge in [-0.1, -0.05) is 0 Å². The van der Waals surface area contributed by atoms with Crippen LogP contribution in [0.15, 0.2) is 30.3 Å². The first-order chi connectivity index (χ1) is 7.20. The van der Waals surface area contributed by atoms with E-state index in [1.807, 2.05) is 30.3 Å². The zero-order chi connectivity index (χ0) is 10.8. The zero-order valence-corrected chi connectivity index (χ0v) is 9.81. The van der Waals surface area contributed by atoms with Crippen LogP contribution in [0.2, 0.25) is 15.1 Å². The molecule has 0 unspecified atom stereocenters. The Labute approximate surface area is 103 Å². The molecule has 0 saturated heterocycles. The molecule has 0 atom stereocenters. The van der Waals surface area contributed by atoms with Crippen molar-refractivity contribution in [3.8, 4) is 11.1 Å². The van der Waals surface area contributed by atoms with Gasteiger partial charge in [-0.3, -0.25) is 0 Å². The average molecular weight is 256 g/mol. The Bertz CT molecular complexity index is 488. The fourth-order valence-electron chi connectivity index (χ4n) is 1.31. The summed E-state index contributed by atoms with van der Waals surface area (Å²) in [5.41, 5.74) is 1.65. The van der Waals surface area contributed by atoms with Crippen molar-refractivity contribution in [1.82, 2.24) is 4.89 Å². The van der Waals surface area contributed by atoms with Gasteiger partial charge in [0.15, 0.2) is 0 Å². The summed E-state index contributed by atoms with van der Waals surface area (Å²) in [7, 11) is 1.50. The van der Waals surface area contributed by atoms with Crippen molar-refractivity contribution in [3.05, 3.63) is 45.4 Å². The van der Waals surface area contributed by atoms with Gasteiger partial charge < -0.3 is 0 Å². The fraction of sp³-hybridized carbons (Fsp3) is 0. The van der Waals surface area contributed by atoms with Gasteiger partial charge in [-0.05, 0) is 0 Å². The number of hydrogen-bond donors (Lipinski definition) is 0. The van der Waals surface area contributed by atoms with Gasteiger partial charge in [0.1, 0.15) is 0 Å². The monoisotopic (exact) mass is 255 g/mol. The van der Waals surface area contributed by atoms with Gasteiger partial charge in [-0.25, -0.2) is 0 Å². The van der Waals surface area contributed by atoms with Crippen LogP contribution in [0.5, 0.6) is 0 Å². The standard InChI is InChI=1S/C10H5BCl3N/c12-8-7(6-4-2-1-3-5-6)9(13)11-15-10(8)14/h1-5H. The first-order valence-electron chi connectivity index (χ1n) is 4.25. The van der Waals surface area contributed by atoms with Gasteiger partial charge in [-0.15, -0.1) is 0 Å². The number of aromatic nitrogens is 1. The van der Waals surface area contributed by atoms with Gasteiger partial charge in [-0.2, -0.15) is 0 Å². The maximum absolute atomic E-state index is 6.05. The molecule has 0 bridgehead atoms. The summed E-state index contributed by atoms with van der Waals surface area (Å²) < 4.78 is 0. The van der Waals surface area contributed by atoms with Gasteiger partial charge >= 0.3 is 103 Å². The molecule has 0 aliphatic heterocycles. The number of nitrogens with zero attached hydrogens (tertiary/aromatic N) is 1. The maximum atomic E-state index is 6.05. The molecule has 0 aliphatic carbocycles. The zero-order valence-electron chi connectivity index (χ0n) is 7.55. The first kappa shape index (κ1) is 10.9. The van der Waals surface area contributed by atoms with Gasteiger partial charge in [0.2, 0.25) is 0 Å². The van der Waals surface area contributed by atoms with E-state index in [0.29, 0.717) is 9.94 Å². The molecular formula is C10H5BCl3N. The average Bonchev–Trinajstić information content (AvgIpc) is 2.26. The number of benzene rings is 1. The Morgan fingerprint density at radius 3 is 2.33 bits per heavy atom. The second-order valence-corrected chi connectivity index (χ2v) is 4.10. The Morgan fingerprint density at radius 2 is 1.67 bits per heavy atom. The molecule has 1 nitrogen and oxygen atoms in total. The molecule has 0 N–H and O–H groups in total. The third kappa shape index (κ3) is 2.17. The van der Waals surface area contributed by atoms with Gasteiger partial charge in [0, 0.05) is 0 Å². The van der Waals surface area contributed by atoms with E-state index >= 15 is 0 Å². The van der Waals surface area contributed by atoms with Crippen LogP contribution in [-0.2, 0) is 0 Å².